The first-order valence-corrected chi connectivity index (χ1v) is 12.0. The fourth-order valence-corrected chi connectivity index (χ4v) is 6.67. The number of carbonyl (C=O) groups is 2. The van der Waals surface area contributed by atoms with E-state index in [9.17, 15) is 14.9 Å². The zero-order valence-electron chi connectivity index (χ0n) is 18.0. The Morgan fingerprint density at radius 1 is 1.25 bits per heavy atom. The van der Waals surface area contributed by atoms with Gasteiger partial charge in [0.25, 0.3) is 5.91 Å². The minimum Gasteiger partial charge on any atom is -0.497 e. The standard InChI is InChI=1S/C25H25N3O3S/c1-31-20-9-10-22-21(14-20)25(28(11-12-32-25)23(29)19-7-2-3-8-19)24(30)27(22)16-18-6-4-5-17(13-18)15-26/h4-6,9-10,13-14,19H,2-3,7-8,11-12,16H2,1H3/t25-/m1/s1. The van der Waals surface area contributed by atoms with E-state index in [2.05, 4.69) is 6.07 Å². The maximum Gasteiger partial charge on any atom is 0.268 e. The lowest BCUT2D eigenvalue weighted by Gasteiger charge is -2.35. The van der Waals surface area contributed by atoms with E-state index in [-0.39, 0.29) is 17.7 Å². The van der Waals surface area contributed by atoms with E-state index >= 15 is 0 Å². The van der Waals surface area contributed by atoms with Crippen LogP contribution in [0.25, 0.3) is 0 Å². The Morgan fingerprint density at radius 3 is 2.81 bits per heavy atom. The minimum atomic E-state index is -1.05. The number of nitriles is 1. The van der Waals surface area contributed by atoms with E-state index < -0.39 is 4.87 Å². The van der Waals surface area contributed by atoms with Gasteiger partial charge in [0.15, 0.2) is 4.87 Å². The first-order valence-electron chi connectivity index (χ1n) is 11.0. The summed E-state index contributed by atoms with van der Waals surface area (Å²) in [5.41, 5.74) is 3.07. The molecule has 2 aromatic carbocycles. The molecule has 1 atom stereocenters. The van der Waals surface area contributed by atoms with Crippen molar-refractivity contribution in [1.29, 1.82) is 5.26 Å². The van der Waals surface area contributed by atoms with Gasteiger partial charge in [-0.15, -0.1) is 11.8 Å². The molecule has 32 heavy (non-hydrogen) atoms. The molecule has 0 N–H and O–H groups in total. The Bertz CT molecular complexity index is 1120. The number of hydrogen-bond acceptors (Lipinski definition) is 5. The summed E-state index contributed by atoms with van der Waals surface area (Å²) in [4.78, 5) is 30.2. The molecule has 3 aliphatic rings. The average Bonchev–Trinajstić information content (AvgIpc) is 3.56. The van der Waals surface area contributed by atoms with Crippen molar-refractivity contribution in [1.82, 2.24) is 4.90 Å². The molecular formula is C25H25N3O3S. The topological polar surface area (TPSA) is 73.6 Å². The van der Waals surface area contributed by atoms with E-state index in [0.717, 1.165) is 48.3 Å². The monoisotopic (exact) mass is 447 g/mol. The van der Waals surface area contributed by atoms with E-state index in [1.807, 2.05) is 41.3 Å². The van der Waals surface area contributed by atoms with Crippen molar-refractivity contribution in [2.75, 3.05) is 24.3 Å². The first-order chi connectivity index (χ1) is 15.6. The van der Waals surface area contributed by atoms with Crippen LogP contribution in [-0.4, -0.2) is 36.1 Å². The second-order valence-electron chi connectivity index (χ2n) is 8.55. The van der Waals surface area contributed by atoms with Crippen molar-refractivity contribution in [3.8, 4) is 11.8 Å². The van der Waals surface area contributed by atoms with Gasteiger partial charge in [-0.25, -0.2) is 0 Å². The zero-order chi connectivity index (χ0) is 22.3. The van der Waals surface area contributed by atoms with E-state index in [1.165, 1.54) is 0 Å². The number of fused-ring (bicyclic) bond motifs is 2. The number of amides is 2. The van der Waals surface area contributed by atoms with Crippen LogP contribution in [-0.2, 0) is 21.0 Å². The van der Waals surface area contributed by atoms with Gasteiger partial charge in [0.1, 0.15) is 5.75 Å². The molecule has 1 spiro atoms. The molecule has 2 aromatic rings. The molecule has 5 rings (SSSR count). The SMILES string of the molecule is COc1ccc2c(c1)[C@@]1(SCCN1C(=O)C1CCCC1)C(=O)N2Cc1cccc(C#N)c1. The molecule has 0 radical (unpaired) electrons. The number of methoxy groups -OCH3 is 1. The molecule has 2 heterocycles. The van der Waals surface area contributed by atoms with Gasteiger partial charge < -0.3 is 14.5 Å². The molecule has 164 valence electrons. The number of carbonyl (C=O) groups excluding carboxylic acids is 2. The average molecular weight is 448 g/mol. The molecular weight excluding hydrogens is 422 g/mol. The van der Waals surface area contributed by atoms with Gasteiger partial charge >= 0.3 is 0 Å². The second kappa shape index (κ2) is 8.18. The van der Waals surface area contributed by atoms with Crippen LogP contribution in [0.2, 0.25) is 0 Å². The summed E-state index contributed by atoms with van der Waals surface area (Å²) in [7, 11) is 1.61. The Labute approximate surface area is 192 Å². The number of benzene rings is 2. The van der Waals surface area contributed by atoms with E-state index in [4.69, 9.17) is 4.74 Å². The number of rotatable bonds is 4. The summed E-state index contributed by atoms with van der Waals surface area (Å²) in [5, 5.41) is 9.27. The summed E-state index contributed by atoms with van der Waals surface area (Å²) in [6.07, 6.45) is 3.95. The van der Waals surface area contributed by atoms with Crippen LogP contribution in [0.5, 0.6) is 5.75 Å². The van der Waals surface area contributed by atoms with Gasteiger partial charge in [0, 0.05) is 23.8 Å². The predicted molar refractivity (Wildman–Crippen MR) is 123 cm³/mol. The third-order valence-corrected chi connectivity index (χ3v) is 8.19. The van der Waals surface area contributed by atoms with Gasteiger partial charge in [-0.2, -0.15) is 5.26 Å². The Balaban J connectivity index is 1.58. The normalized spacial score (nSPS) is 22.4. The summed E-state index contributed by atoms with van der Waals surface area (Å²) < 4.78 is 5.48. The zero-order valence-corrected chi connectivity index (χ0v) is 18.9. The van der Waals surface area contributed by atoms with Crippen LogP contribution in [0, 0.1) is 17.2 Å². The lowest BCUT2D eigenvalue weighted by Crippen LogP contribution is -2.51. The number of nitrogens with zero attached hydrogens (tertiary/aromatic N) is 3. The molecule has 2 aliphatic heterocycles. The summed E-state index contributed by atoms with van der Waals surface area (Å²) in [5.74, 6) is 1.41. The maximum atomic E-state index is 14.1. The van der Waals surface area contributed by atoms with Crippen molar-refractivity contribution < 1.29 is 14.3 Å². The molecule has 1 saturated heterocycles. The second-order valence-corrected chi connectivity index (χ2v) is 9.84. The van der Waals surface area contributed by atoms with Crippen LogP contribution in [0.15, 0.2) is 42.5 Å². The largest absolute Gasteiger partial charge is 0.497 e. The number of hydrogen-bond donors (Lipinski definition) is 0. The highest BCUT2D eigenvalue weighted by molar-refractivity contribution is 8.01. The number of anilines is 1. The number of ether oxygens (including phenoxy) is 1. The third-order valence-electron chi connectivity index (χ3n) is 6.77. The molecule has 7 heteroatoms. The van der Waals surface area contributed by atoms with Crippen molar-refractivity contribution >= 4 is 29.3 Å². The maximum absolute atomic E-state index is 14.1. The molecule has 2 amide bonds. The molecule has 0 unspecified atom stereocenters. The van der Waals surface area contributed by atoms with E-state index in [0.29, 0.717) is 24.4 Å². The molecule has 1 saturated carbocycles. The first kappa shape index (κ1) is 20.9. The summed E-state index contributed by atoms with van der Waals surface area (Å²) >= 11 is 1.55. The lowest BCUT2D eigenvalue weighted by atomic mass is 10.0. The molecule has 0 aromatic heterocycles. The summed E-state index contributed by atoms with van der Waals surface area (Å²) in [6.45, 7) is 0.918. The Hall–Kier alpha value is -2.98. The molecule has 0 bridgehead atoms. The van der Waals surface area contributed by atoms with Crippen LogP contribution < -0.4 is 9.64 Å². The molecule has 2 fully saturated rings. The quantitative estimate of drug-likeness (QED) is 0.707. The predicted octanol–water partition coefficient (Wildman–Crippen LogP) is 4.03. The van der Waals surface area contributed by atoms with Gasteiger partial charge in [-0.3, -0.25) is 9.59 Å². The lowest BCUT2D eigenvalue weighted by molar-refractivity contribution is -0.143. The van der Waals surface area contributed by atoms with Crippen molar-refractivity contribution in [3.05, 3.63) is 59.2 Å². The highest BCUT2D eigenvalue weighted by Gasteiger charge is 2.60. The Kier molecular flexibility index (Phi) is 5.34. The van der Waals surface area contributed by atoms with Crippen LogP contribution >= 0.6 is 11.8 Å². The van der Waals surface area contributed by atoms with Crippen molar-refractivity contribution in [2.24, 2.45) is 5.92 Å². The van der Waals surface area contributed by atoms with Crippen LogP contribution in [0.1, 0.15) is 42.4 Å². The van der Waals surface area contributed by atoms with Gasteiger partial charge in [0.2, 0.25) is 5.91 Å². The van der Waals surface area contributed by atoms with Gasteiger partial charge in [-0.1, -0.05) is 25.0 Å². The highest BCUT2D eigenvalue weighted by Crippen LogP contribution is 2.55. The van der Waals surface area contributed by atoms with Gasteiger partial charge in [0.05, 0.1) is 31.0 Å². The van der Waals surface area contributed by atoms with Crippen molar-refractivity contribution in [3.63, 3.8) is 0 Å². The summed E-state index contributed by atoms with van der Waals surface area (Å²) in [6, 6.07) is 15.2. The van der Waals surface area contributed by atoms with E-state index in [1.54, 1.807) is 29.8 Å². The number of thioether (sulfide) groups is 1. The fraction of sp³-hybridized carbons (Fsp3) is 0.400. The highest BCUT2D eigenvalue weighted by atomic mass is 32.2. The Morgan fingerprint density at radius 2 is 2.06 bits per heavy atom. The van der Waals surface area contributed by atoms with Crippen molar-refractivity contribution in [2.45, 2.75) is 37.1 Å². The smallest absolute Gasteiger partial charge is 0.268 e. The van der Waals surface area contributed by atoms with Crippen LogP contribution in [0.3, 0.4) is 0 Å². The minimum absolute atomic E-state index is 0.00814. The fourth-order valence-electron chi connectivity index (χ4n) is 5.21. The molecule has 1 aliphatic carbocycles. The third kappa shape index (κ3) is 3.17. The van der Waals surface area contributed by atoms with Gasteiger partial charge in [-0.05, 0) is 48.7 Å². The van der Waals surface area contributed by atoms with Crippen LogP contribution in [0.4, 0.5) is 5.69 Å². The molecule has 6 nitrogen and oxygen atoms in total.